The number of fused-ring (bicyclic) bond motifs is 1. The van der Waals surface area contributed by atoms with E-state index in [2.05, 4.69) is 20.8 Å². The lowest BCUT2D eigenvalue weighted by Crippen LogP contribution is -2.26. The molecule has 0 aliphatic carbocycles. The molecule has 2 aromatic rings. The molecule has 1 aliphatic heterocycles. The van der Waals surface area contributed by atoms with E-state index >= 15 is 0 Å². The predicted molar refractivity (Wildman–Crippen MR) is 106 cm³/mol. The van der Waals surface area contributed by atoms with Gasteiger partial charge in [-0.05, 0) is 53.6 Å². The molecular formula is C21H25NO4S. The molecule has 0 aromatic heterocycles. The number of carbonyl (C=O) groups is 1. The average molecular weight is 388 g/mol. The summed E-state index contributed by atoms with van der Waals surface area (Å²) in [4.78, 5) is 13.4. The molecule has 0 fully saturated rings. The second-order valence-electron chi connectivity index (χ2n) is 7.98. The molecule has 1 aliphatic rings. The summed E-state index contributed by atoms with van der Waals surface area (Å²) in [6.07, 6.45) is 0.726. The number of hydrogen-bond donors (Lipinski definition) is 0. The van der Waals surface area contributed by atoms with Gasteiger partial charge in [0.25, 0.3) is 0 Å². The van der Waals surface area contributed by atoms with E-state index < -0.39 is 10.1 Å². The monoisotopic (exact) mass is 387 g/mol. The van der Waals surface area contributed by atoms with Crippen molar-refractivity contribution in [2.75, 3.05) is 11.4 Å². The van der Waals surface area contributed by atoms with Crippen molar-refractivity contribution in [1.29, 1.82) is 0 Å². The van der Waals surface area contributed by atoms with Gasteiger partial charge in [-0.15, -0.1) is 0 Å². The molecule has 6 heteroatoms. The Hall–Kier alpha value is -2.34. The lowest BCUT2D eigenvalue weighted by atomic mass is 9.86. The van der Waals surface area contributed by atoms with Crippen molar-refractivity contribution >= 4 is 21.7 Å². The van der Waals surface area contributed by atoms with E-state index in [0.717, 1.165) is 23.1 Å². The summed E-state index contributed by atoms with van der Waals surface area (Å²) in [6, 6.07) is 10.4. The highest BCUT2D eigenvalue weighted by molar-refractivity contribution is 7.87. The van der Waals surface area contributed by atoms with Crippen LogP contribution in [0.3, 0.4) is 0 Å². The summed E-state index contributed by atoms with van der Waals surface area (Å²) in [5, 5.41) is 0. The fourth-order valence-corrected chi connectivity index (χ4v) is 4.23. The molecular weight excluding hydrogens is 362 g/mol. The zero-order valence-corrected chi connectivity index (χ0v) is 17.2. The van der Waals surface area contributed by atoms with E-state index in [1.807, 2.05) is 19.1 Å². The predicted octanol–water partition coefficient (Wildman–Crippen LogP) is 3.97. The van der Waals surface area contributed by atoms with Crippen molar-refractivity contribution in [3.8, 4) is 5.75 Å². The van der Waals surface area contributed by atoms with Crippen LogP contribution < -0.4 is 9.08 Å². The van der Waals surface area contributed by atoms with Gasteiger partial charge in [-0.1, -0.05) is 39.0 Å². The van der Waals surface area contributed by atoms with Crippen LogP contribution in [-0.4, -0.2) is 20.9 Å². The second-order valence-corrected chi connectivity index (χ2v) is 9.53. The van der Waals surface area contributed by atoms with Crippen LogP contribution >= 0.6 is 0 Å². The van der Waals surface area contributed by atoms with Crippen LogP contribution in [0.25, 0.3) is 0 Å². The molecule has 144 valence electrons. The summed E-state index contributed by atoms with van der Waals surface area (Å²) in [5.74, 6) is 0.213. The van der Waals surface area contributed by atoms with E-state index in [-0.39, 0.29) is 16.2 Å². The van der Waals surface area contributed by atoms with Crippen molar-refractivity contribution in [1.82, 2.24) is 0 Å². The number of hydrogen-bond acceptors (Lipinski definition) is 4. The second kappa shape index (κ2) is 6.68. The van der Waals surface area contributed by atoms with Crippen LogP contribution in [0.2, 0.25) is 0 Å². The van der Waals surface area contributed by atoms with Gasteiger partial charge in [-0.2, -0.15) is 8.42 Å². The Morgan fingerprint density at radius 1 is 1.11 bits per heavy atom. The maximum Gasteiger partial charge on any atom is 0.339 e. The molecule has 1 amide bonds. The highest BCUT2D eigenvalue weighted by Gasteiger charge is 2.26. The largest absolute Gasteiger partial charge is 0.379 e. The first-order chi connectivity index (χ1) is 12.5. The molecule has 3 rings (SSSR count). The Kier molecular flexibility index (Phi) is 4.80. The molecule has 0 atom stereocenters. The number of amides is 1. The summed E-state index contributed by atoms with van der Waals surface area (Å²) in [7, 11) is -3.99. The normalized spacial score (nSPS) is 14.2. The van der Waals surface area contributed by atoms with Crippen LogP contribution in [0.4, 0.5) is 5.69 Å². The summed E-state index contributed by atoms with van der Waals surface area (Å²) >= 11 is 0. The standard InChI is InChI=1S/C21H25NO4S/c1-14-12-17(21(3,4)5)7-9-20(14)26-27(24,25)18-8-6-16-10-11-22(15(2)23)19(16)13-18/h6-9,12-13H,10-11H2,1-5H3. The summed E-state index contributed by atoms with van der Waals surface area (Å²) in [6.45, 7) is 10.2. The van der Waals surface area contributed by atoms with Crippen LogP contribution in [0.15, 0.2) is 41.3 Å². The lowest BCUT2D eigenvalue weighted by molar-refractivity contribution is -0.116. The third-order valence-electron chi connectivity index (χ3n) is 4.86. The minimum absolute atomic E-state index is 0.0295. The number of nitrogens with zero attached hydrogens (tertiary/aromatic N) is 1. The molecule has 27 heavy (non-hydrogen) atoms. The molecule has 0 saturated heterocycles. The van der Waals surface area contributed by atoms with Gasteiger partial charge in [-0.3, -0.25) is 4.79 Å². The quantitative estimate of drug-likeness (QED) is 0.748. The minimum Gasteiger partial charge on any atom is -0.379 e. The van der Waals surface area contributed by atoms with E-state index in [0.29, 0.717) is 18.0 Å². The Morgan fingerprint density at radius 2 is 1.81 bits per heavy atom. The van der Waals surface area contributed by atoms with E-state index in [1.54, 1.807) is 17.0 Å². The molecule has 0 N–H and O–H groups in total. The van der Waals surface area contributed by atoms with Crippen LogP contribution in [0.5, 0.6) is 5.75 Å². The number of anilines is 1. The Labute approximate surface area is 161 Å². The van der Waals surface area contributed by atoms with Gasteiger partial charge in [0.1, 0.15) is 10.6 Å². The van der Waals surface area contributed by atoms with Gasteiger partial charge in [0.05, 0.1) is 0 Å². The molecule has 1 heterocycles. The molecule has 0 radical (unpaired) electrons. The highest BCUT2D eigenvalue weighted by Crippen LogP contribution is 2.33. The third kappa shape index (κ3) is 3.86. The van der Waals surface area contributed by atoms with Gasteiger partial charge in [0.2, 0.25) is 5.91 Å². The molecule has 0 spiro atoms. The number of aryl methyl sites for hydroxylation is 1. The number of benzene rings is 2. The minimum atomic E-state index is -3.99. The van der Waals surface area contributed by atoms with Crippen molar-refractivity contribution in [2.45, 2.75) is 51.3 Å². The van der Waals surface area contributed by atoms with E-state index in [9.17, 15) is 13.2 Å². The maximum atomic E-state index is 12.8. The fraction of sp³-hybridized carbons (Fsp3) is 0.381. The zero-order valence-electron chi connectivity index (χ0n) is 16.4. The average Bonchev–Trinajstić information content (AvgIpc) is 2.99. The first-order valence-corrected chi connectivity index (χ1v) is 10.4. The first-order valence-electron chi connectivity index (χ1n) is 8.96. The Balaban J connectivity index is 1.92. The van der Waals surface area contributed by atoms with Crippen molar-refractivity contribution in [3.63, 3.8) is 0 Å². The first kappa shape index (κ1) is 19.4. The van der Waals surface area contributed by atoms with Gasteiger partial charge in [-0.25, -0.2) is 0 Å². The Bertz CT molecular complexity index is 1000. The highest BCUT2D eigenvalue weighted by atomic mass is 32.2. The van der Waals surface area contributed by atoms with Crippen molar-refractivity contribution in [3.05, 3.63) is 53.1 Å². The topological polar surface area (TPSA) is 63.7 Å². The summed E-state index contributed by atoms with van der Waals surface area (Å²) < 4.78 is 31.0. The van der Waals surface area contributed by atoms with Crippen LogP contribution in [0, 0.1) is 6.92 Å². The van der Waals surface area contributed by atoms with Gasteiger partial charge in [0.15, 0.2) is 0 Å². The SMILES string of the molecule is CC(=O)N1CCc2ccc(S(=O)(=O)Oc3ccc(C(C)(C)C)cc3C)cc21. The van der Waals surface area contributed by atoms with Crippen LogP contribution in [-0.2, 0) is 26.7 Å². The molecule has 2 aromatic carbocycles. The fourth-order valence-electron chi connectivity index (χ4n) is 3.22. The van der Waals surface area contributed by atoms with Gasteiger partial charge < -0.3 is 9.08 Å². The van der Waals surface area contributed by atoms with E-state index in [4.69, 9.17) is 4.18 Å². The third-order valence-corrected chi connectivity index (χ3v) is 6.09. The molecule has 5 nitrogen and oxygen atoms in total. The molecule has 0 saturated carbocycles. The zero-order chi connectivity index (χ0) is 20.0. The number of carbonyl (C=O) groups excluding carboxylic acids is 1. The molecule has 0 bridgehead atoms. The lowest BCUT2D eigenvalue weighted by Gasteiger charge is -2.20. The van der Waals surface area contributed by atoms with Crippen molar-refractivity contribution < 1.29 is 17.4 Å². The Morgan fingerprint density at radius 3 is 2.41 bits per heavy atom. The molecule has 0 unspecified atom stereocenters. The smallest absolute Gasteiger partial charge is 0.339 e. The number of rotatable bonds is 3. The van der Waals surface area contributed by atoms with Crippen molar-refractivity contribution in [2.24, 2.45) is 0 Å². The summed E-state index contributed by atoms with van der Waals surface area (Å²) in [5.41, 5.74) is 3.46. The maximum absolute atomic E-state index is 12.8. The van der Waals surface area contributed by atoms with Gasteiger partial charge >= 0.3 is 10.1 Å². The van der Waals surface area contributed by atoms with E-state index in [1.165, 1.54) is 19.1 Å². The van der Waals surface area contributed by atoms with Gasteiger partial charge in [0, 0.05) is 19.2 Å². The van der Waals surface area contributed by atoms with Crippen LogP contribution in [0.1, 0.15) is 44.4 Å².